The standard InChI is InChI=1S/C19H34N4O/c1-4-23-11-5-7-14(23)13-22(3)18(20-2)21-16-15-8-12-24-17(15)19(16)9-6-10-19/h14-17H,4-13H2,1-3H3,(H,20,21). The lowest BCUT2D eigenvalue weighted by atomic mass is 9.46. The first-order valence-corrected chi connectivity index (χ1v) is 9.99. The van der Waals surface area contributed by atoms with Gasteiger partial charge in [-0.3, -0.25) is 9.89 Å². The van der Waals surface area contributed by atoms with E-state index in [0.717, 1.165) is 25.7 Å². The maximum absolute atomic E-state index is 6.05. The molecule has 0 aromatic carbocycles. The van der Waals surface area contributed by atoms with Gasteiger partial charge < -0.3 is 15.0 Å². The monoisotopic (exact) mass is 334 g/mol. The molecule has 2 aliphatic heterocycles. The highest BCUT2D eigenvalue weighted by Crippen LogP contribution is 2.62. The molecule has 24 heavy (non-hydrogen) atoms. The molecule has 5 heteroatoms. The Hall–Kier alpha value is -0.810. The lowest BCUT2D eigenvalue weighted by Gasteiger charge is -2.63. The van der Waals surface area contributed by atoms with Crippen LogP contribution in [0.5, 0.6) is 0 Å². The van der Waals surface area contributed by atoms with E-state index in [1.54, 1.807) is 0 Å². The number of fused-ring (bicyclic) bond motifs is 2. The van der Waals surface area contributed by atoms with E-state index < -0.39 is 0 Å². The summed E-state index contributed by atoms with van der Waals surface area (Å²) in [5.74, 6) is 1.79. The van der Waals surface area contributed by atoms with Crippen molar-refractivity contribution < 1.29 is 4.74 Å². The molecule has 4 atom stereocenters. The van der Waals surface area contributed by atoms with Crippen LogP contribution in [0.1, 0.15) is 45.4 Å². The van der Waals surface area contributed by atoms with Crippen molar-refractivity contribution in [3.8, 4) is 0 Å². The molecule has 1 spiro atoms. The molecule has 0 amide bonds. The van der Waals surface area contributed by atoms with Gasteiger partial charge in [-0.05, 0) is 45.2 Å². The Balaban J connectivity index is 1.39. The molecule has 1 N–H and O–H groups in total. The average molecular weight is 335 g/mol. The highest BCUT2D eigenvalue weighted by Gasteiger charge is 2.66. The van der Waals surface area contributed by atoms with Crippen LogP contribution in [0, 0.1) is 11.3 Å². The number of rotatable bonds is 4. The minimum absolute atomic E-state index is 0.417. The molecule has 0 aromatic heterocycles. The zero-order valence-corrected chi connectivity index (χ0v) is 15.6. The van der Waals surface area contributed by atoms with Gasteiger partial charge >= 0.3 is 0 Å². The second-order valence-electron chi connectivity index (χ2n) is 8.31. The number of likely N-dealkylation sites (N-methyl/N-ethyl adjacent to an activating group) is 2. The highest BCUT2D eigenvalue weighted by molar-refractivity contribution is 5.80. The van der Waals surface area contributed by atoms with Gasteiger partial charge in [-0.15, -0.1) is 0 Å². The molecule has 4 rings (SSSR count). The second-order valence-corrected chi connectivity index (χ2v) is 8.31. The fourth-order valence-electron chi connectivity index (χ4n) is 5.86. The number of hydrogen-bond donors (Lipinski definition) is 1. The van der Waals surface area contributed by atoms with E-state index in [1.165, 1.54) is 45.1 Å². The van der Waals surface area contributed by atoms with Gasteiger partial charge in [0.05, 0.1) is 6.10 Å². The Bertz CT molecular complexity index is 490. The number of nitrogens with one attached hydrogen (secondary N) is 1. The second kappa shape index (κ2) is 6.49. The summed E-state index contributed by atoms with van der Waals surface area (Å²) in [6.07, 6.45) is 8.44. The van der Waals surface area contributed by atoms with Gasteiger partial charge in [0, 0.05) is 50.7 Å². The summed E-state index contributed by atoms with van der Waals surface area (Å²) in [4.78, 5) is 9.58. The number of hydrogen-bond acceptors (Lipinski definition) is 3. The zero-order valence-electron chi connectivity index (χ0n) is 15.6. The van der Waals surface area contributed by atoms with Gasteiger partial charge in [0.1, 0.15) is 0 Å². The fourth-order valence-corrected chi connectivity index (χ4v) is 5.86. The van der Waals surface area contributed by atoms with E-state index in [-0.39, 0.29) is 0 Å². The van der Waals surface area contributed by atoms with Crippen molar-refractivity contribution in [3.63, 3.8) is 0 Å². The van der Waals surface area contributed by atoms with Crippen molar-refractivity contribution in [2.75, 3.05) is 40.3 Å². The molecular formula is C19H34N4O. The summed E-state index contributed by atoms with van der Waals surface area (Å²) in [5.41, 5.74) is 0.417. The minimum atomic E-state index is 0.417. The van der Waals surface area contributed by atoms with E-state index in [4.69, 9.17) is 4.74 Å². The van der Waals surface area contributed by atoms with Gasteiger partial charge in [-0.2, -0.15) is 0 Å². The van der Waals surface area contributed by atoms with Crippen molar-refractivity contribution in [2.45, 2.75) is 63.6 Å². The van der Waals surface area contributed by atoms with Crippen LogP contribution in [0.4, 0.5) is 0 Å². The SMILES string of the molecule is CCN1CCCC1CN(C)C(=NC)NC1C2CCOC2C12CCC2. The third kappa shape index (κ3) is 2.47. The number of aliphatic imine (C=N–C) groups is 1. The highest BCUT2D eigenvalue weighted by atomic mass is 16.5. The first-order chi connectivity index (χ1) is 11.7. The Morgan fingerprint density at radius 3 is 2.83 bits per heavy atom. The Labute approximate surface area is 146 Å². The van der Waals surface area contributed by atoms with Gasteiger partial charge in [-0.1, -0.05) is 13.3 Å². The minimum Gasteiger partial charge on any atom is -0.377 e. The molecule has 5 nitrogen and oxygen atoms in total. The van der Waals surface area contributed by atoms with Crippen molar-refractivity contribution in [3.05, 3.63) is 0 Å². The molecule has 4 unspecified atom stereocenters. The van der Waals surface area contributed by atoms with Crippen LogP contribution < -0.4 is 5.32 Å². The third-order valence-electron chi connectivity index (χ3n) is 7.28. The summed E-state index contributed by atoms with van der Waals surface area (Å²) in [6.45, 7) is 6.74. The van der Waals surface area contributed by atoms with Crippen molar-refractivity contribution >= 4 is 5.96 Å². The Kier molecular flexibility index (Phi) is 4.50. The van der Waals surface area contributed by atoms with Gasteiger partial charge in [-0.25, -0.2) is 0 Å². The van der Waals surface area contributed by atoms with Crippen LogP contribution in [0.15, 0.2) is 4.99 Å². The lowest BCUT2D eigenvalue weighted by molar-refractivity contribution is -0.171. The lowest BCUT2D eigenvalue weighted by Crippen LogP contribution is -2.72. The van der Waals surface area contributed by atoms with Crippen LogP contribution in [0.25, 0.3) is 0 Å². The molecule has 4 fully saturated rings. The molecule has 0 aromatic rings. The zero-order chi connectivity index (χ0) is 16.7. The van der Waals surface area contributed by atoms with Crippen LogP contribution in [-0.2, 0) is 4.74 Å². The smallest absolute Gasteiger partial charge is 0.193 e. The molecule has 136 valence electrons. The summed E-state index contributed by atoms with van der Waals surface area (Å²) >= 11 is 0. The van der Waals surface area contributed by atoms with Crippen molar-refractivity contribution in [2.24, 2.45) is 16.3 Å². The van der Waals surface area contributed by atoms with Crippen LogP contribution >= 0.6 is 0 Å². The summed E-state index contributed by atoms with van der Waals surface area (Å²) < 4.78 is 6.05. The van der Waals surface area contributed by atoms with Crippen LogP contribution in [0.3, 0.4) is 0 Å². The van der Waals surface area contributed by atoms with E-state index in [1.807, 2.05) is 7.05 Å². The molecule has 4 aliphatic rings. The van der Waals surface area contributed by atoms with E-state index in [0.29, 0.717) is 29.5 Å². The normalized spacial score (nSPS) is 37.9. The van der Waals surface area contributed by atoms with E-state index >= 15 is 0 Å². The van der Waals surface area contributed by atoms with Crippen molar-refractivity contribution in [1.82, 2.24) is 15.1 Å². The first-order valence-electron chi connectivity index (χ1n) is 9.99. The van der Waals surface area contributed by atoms with Crippen molar-refractivity contribution in [1.29, 1.82) is 0 Å². The number of likely N-dealkylation sites (tertiary alicyclic amines) is 1. The van der Waals surface area contributed by atoms with Crippen LogP contribution in [0.2, 0.25) is 0 Å². The molecule has 2 saturated carbocycles. The number of guanidine groups is 1. The summed E-state index contributed by atoms with van der Waals surface area (Å²) in [6, 6.07) is 1.26. The largest absolute Gasteiger partial charge is 0.377 e. The molecule has 2 heterocycles. The van der Waals surface area contributed by atoms with Gasteiger partial charge in [0.2, 0.25) is 0 Å². The Morgan fingerprint density at radius 2 is 2.17 bits per heavy atom. The van der Waals surface area contributed by atoms with Gasteiger partial charge in [0.15, 0.2) is 5.96 Å². The van der Waals surface area contributed by atoms with E-state index in [2.05, 4.69) is 34.1 Å². The van der Waals surface area contributed by atoms with Gasteiger partial charge in [0.25, 0.3) is 0 Å². The molecule has 2 aliphatic carbocycles. The molecular weight excluding hydrogens is 300 g/mol. The topological polar surface area (TPSA) is 40.1 Å². The molecule has 2 saturated heterocycles. The molecule has 0 radical (unpaired) electrons. The Morgan fingerprint density at radius 1 is 1.33 bits per heavy atom. The third-order valence-corrected chi connectivity index (χ3v) is 7.28. The van der Waals surface area contributed by atoms with Crippen LogP contribution in [-0.4, -0.2) is 74.3 Å². The fraction of sp³-hybridized carbons (Fsp3) is 0.947. The molecule has 0 bridgehead atoms. The predicted molar refractivity (Wildman–Crippen MR) is 97.3 cm³/mol. The quantitative estimate of drug-likeness (QED) is 0.630. The predicted octanol–water partition coefficient (Wildman–Crippen LogP) is 1.94. The average Bonchev–Trinajstić information content (AvgIpc) is 3.14. The first kappa shape index (κ1) is 16.6. The summed E-state index contributed by atoms with van der Waals surface area (Å²) in [7, 11) is 4.13. The number of ether oxygens (including phenoxy) is 1. The maximum Gasteiger partial charge on any atom is 0.193 e. The van der Waals surface area contributed by atoms with E-state index in [9.17, 15) is 0 Å². The maximum atomic E-state index is 6.05. The number of nitrogens with zero attached hydrogens (tertiary/aromatic N) is 3. The summed E-state index contributed by atoms with van der Waals surface area (Å²) in [5, 5.41) is 3.85.